The van der Waals surface area contributed by atoms with E-state index in [1.54, 1.807) is 0 Å². The number of aliphatic hydroxyl groups excluding tert-OH is 1. The summed E-state index contributed by atoms with van der Waals surface area (Å²) in [5.41, 5.74) is 1.03. The van der Waals surface area contributed by atoms with Crippen molar-refractivity contribution in [3.8, 4) is 5.75 Å². The monoisotopic (exact) mass is 248 g/mol. The van der Waals surface area contributed by atoms with Crippen LogP contribution in [0.5, 0.6) is 5.75 Å². The van der Waals surface area contributed by atoms with Crippen LogP contribution in [0.15, 0.2) is 24.3 Å². The average molecular weight is 248 g/mol. The SMILES string of the molecule is O=C1CCCC1CCOc1ccccc1CCO. The van der Waals surface area contributed by atoms with Gasteiger partial charge in [0.05, 0.1) is 6.61 Å². The lowest BCUT2D eigenvalue weighted by Gasteiger charge is -2.12. The number of carbonyl (C=O) groups excluding carboxylic acids is 1. The van der Waals surface area contributed by atoms with Crippen molar-refractivity contribution >= 4 is 5.78 Å². The second kappa shape index (κ2) is 6.55. The van der Waals surface area contributed by atoms with E-state index in [-0.39, 0.29) is 12.5 Å². The van der Waals surface area contributed by atoms with E-state index in [4.69, 9.17) is 9.84 Å². The highest BCUT2D eigenvalue weighted by Gasteiger charge is 2.23. The third-order valence-corrected chi connectivity index (χ3v) is 3.51. The van der Waals surface area contributed by atoms with Crippen molar-refractivity contribution in [1.29, 1.82) is 0 Å². The molecule has 3 heteroatoms. The molecule has 0 aromatic heterocycles. The topological polar surface area (TPSA) is 46.5 Å². The van der Waals surface area contributed by atoms with E-state index < -0.39 is 0 Å². The van der Waals surface area contributed by atoms with E-state index in [2.05, 4.69) is 0 Å². The molecule has 18 heavy (non-hydrogen) atoms. The molecule has 1 saturated carbocycles. The molecule has 0 bridgehead atoms. The Balaban J connectivity index is 1.84. The molecule has 0 saturated heterocycles. The molecular weight excluding hydrogens is 228 g/mol. The summed E-state index contributed by atoms with van der Waals surface area (Å²) in [4.78, 5) is 11.5. The van der Waals surface area contributed by atoms with Crippen LogP contribution in [0, 0.1) is 5.92 Å². The van der Waals surface area contributed by atoms with Gasteiger partial charge in [0.15, 0.2) is 0 Å². The second-order valence-electron chi connectivity index (χ2n) is 4.77. The lowest BCUT2D eigenvalue weighted by Crippen LogP contribution is -2.11. The van der Waals surface area contributed by atoms with Crippen LogP contribution in [-0.4, -0.2) is 24.1 Å². The van der Waals surface area contributed by atoms with E-state index in [1.165, 1.54) is 0 Å². The molecule has 0 heterocycles. The van der Waals surface area contributed by atoms with Crippen molar-refractivity contribution in [2.45, 2.75) is 32.1 Å². The van der Waals surface area contributed by atoms with E-state index in [0.29, 0.717) is 18.8 Å². The first-order chi connectivity index (χ1) is 8.81. The van der Waals surface area contributed by atoms with Crippen LogP contribution in [0.2, 0.25) is 0 Å². The molecule has 3 nitrogen and oxygen atoms in total. The van der Waals surface area contributed by atoms with Crippen LogP contribution in [0.1, 0.15) is 31.2 Å². The fourth-order valence-electron chi connectivity index (χ4n) is 2.48. The number of Topliss-reactive ketones (excluding diaryl/α,β-unsaturated/α-hetero) is 1. The maximum absolute atomic E-state index is 11.5. The summed E-state index contributed by atoms with van der Waals surface area (Å²) < 4.78 is 5.74. The van der Waals surface area contributed by atoms with Crippen LogP contribution in [0.4, 0.5) is 0 Å². The van der Waals surface area contributed by atoms with Gasteiger partial charge in [-0.1, -0.05) is 18.2 Å². The summed E-state index contributed by atoms with van der Waals surface area (Å²) in [5.74, 6) is 1.43. The Hall–Kier alpha value is -1.35. The number of aliphatic hydroxyl groups is 1. The van der Waals surface area contributed by atoms with Gasteiger partial charge in [-0.15, -0.1) is 0 Å². The highest BCUT2D eigenvalue weighted by molar-refractivity contribution is 5.82. The van der Waals surface area contributed by atoms with Crippen molar-refractivity contribution in [1.82, 2.24) is 0 Å². The predicted octanol–water partition coefficient (Wildman–Crippen LogP) is 2.36. The van der Waals surface area contributed by atoms with Crippen LogP contribution in [0.3, 0.4) is 0 Å². The number of ketones is 1. The average Bonchev–Trinajstić information content (AvgIpc) is 2.78. The van der Waals surface area contributed by atoms with Crippen molar-refractivity contribution in [3.63, 3.8) is 0 Å². The van der Waals surface area contributed by atoms with Crippen molar-refractivity contribution in [2.24, 2.45) is 5.92 Å². The standard InChI is InChI=1S/C15H20O3/c16-10-8-13-4-1-2-7-15(13)18-11-9-12-5-3-6-14(12)17/h1-2,4,7,12,16H,3,5-6,8-11H2. The van der Waals surface area contributed by atoms with Crippen LogP contribution in [-0.2, 0) is 11.2 Å². The maximum atomic E-state index is 11.5. The molecule has 0 radical (unpaired) electrons. The Morgan fingerprint density at radius 1 is 1.33 bits per heavy atom. The van der Waals surface area contributed by atoms with Crippen molar-refractivity contribution < 1.29 is 14.6 Å². The third kappa shape index (κ3) is 3.33. The summed E-state index contributed by atoms with van der Waals surface area (Å²) in [6, 6.07) is 7.75. The molecule has 0 spiro atoms. The highest BCUT2D eigenvalue weighted by atomic mass is 16.5. The number of hydrogen-bond donors (Lipinski definition) is 1. The molecule has 0 aliphatic heterocycles. The zero-order chi connectivity index (χ0) is 12.8. The van der Waals surface area contributed by atoms with Gasteiger partial charge in [-0.2, -0.15) is 0 Å². The minimum atomic E-state index is 0.126. The molecule has 1 atom stereocenters. The summed E-state index contributed by atoms with van der Waals surface area (Å²) in [6.07, 6.45) is 4.21. The first-order valence-electron chi connectivity index (χ1n) is 6.65. The number of carbonyl (C=O) groups is 1. The molecule has 1 aromatic carbocycles. The Kier molecular flexibility index (Phi) is 4.76. The van der Waals surface area contributed by atoms with Gasteiger partial charge in [0, 0.05) is 18.9 Å². The Morgan fingerprint density at radius 3 is 2.89 bits per heavy atom. The van der Waals surface area contributed by atoms with Crippen molar-refractivity contribution in [3.05, 3.63) is 29.8 Å². The van der Waals surface area contributed by atoms with E-state index in [1.807, 2.05) is 24.3 Å². The van der Waals surface area contributed by atoms with Gasteiger partial charge >= 0.3 is 0 Å². The lowest BCUT2D eigenvalue weighted by molar-refractivity contribution is -0.121. The maximum Gasteiger partial charge on any atom is 0.136 e. The van der Waals surface area contributed by atoms with Crippen LogP contribution in [0.25, 0.3) is 0 Å². The molecule has 1 unspecified atom stereocenters. The van der Waals surface area contributed by atoms with Gasteiger partial charge in [0.2, 0.25) is 0 Å². The first-order valence-corrected chi connectivity index (χ1v) is 6.65. The number of ether oxygens (including phenoxy) is 1. The fraction of sp³-hybridized carbons (Fsp3) is 0.533. The Labute approximate surface area is 108 Å². The van der Waals surface area contributed by atoms with Crippen molar-refractivity contribution in [2.75, 3.05) is 13.2 Å². The van der Waals surface area contributed by atoms with Gasteiger partial charge in [-0.3, -0.25) is 4.79 Å². The summed E-state index contributed by atoms with van der Waals surface area (Å²) in [6.45, 7) is 0.709. The van der Waals surface area contributed by atoms with Crippen LogP contribution >= 0.6 is 0 Å². The number of para-hydroxylation sites is 1. The van der Waals surface area contributed by atoms with Gasteiger partial charge in [-0.05, 0) is 37.3 Å². The summed E-state index contributed by atoms with van der Waals surface area (Å²) in [7, 11) is 0. The van der Waals surface area contributed by atoms with E-state index >= 15 is 0 Å². The molecule has 2 rings (SSSR count). The molecule has 1 aliphatic rings. The molecule has 1 aromatic rings. The number of benzene rings is 1. The zero-order valence-corrected chi connectivity index (χ0v) is 10.6. The molecule has 0 amide bonds. The normalized spacial score (nSPS) is 19.2. The van der Waals surface area contributed by atoms with E-state index in [9.17, 15) is 4.79 Å². The minimum absolute atomic E-state index is 0.126. The number of rotatable bonds is 6. The fourth-order valence-corrected chi connectivity index (χ4v) is 2.48. The highest BCUT2D eigenvalue weighted by Crippen LogP contribution is 2.25. The molecule has 1 N–H and O–H groups in total. The predicted molar refractivity (Wildman–Crippen MR) is 69.7 cm³/mol. The molecule has 1 aliphatic carbocycles. The second-order valence-corrected chi connectivity index (χ2v) is 4.77. The first kappa shape index (κ1) is 13.1. The Morgan fingerprint density at radius 2 is 2.17 bits per heavy atom. The summed E-state index contributed by atoms with van der Waals surface area (Å²) in [5, 5.41) is 8.98. The van der Waals surface area contributed by atoms with Gasteiger partial charge in [0.1, 0.15) is 11.5 Å². The third-order valence-electron chi connectivity index (χ3n) is 3.51. The number of hydrogen-bond acceptors (Lipinski definition) is 3. The zero-order valence-electron chi connectivity index (χ0n) is 10.6. The minimum Gasteiger partial charge on any atom is -0.493 e. The van der Waals surface area contributed by atoms with E-state index in [0.717, 1.165) is 37.0 Å². The molecule has 98 valence electrons. The molecule has 1 fully saturated rings. The summed E-state index contributed by atoms with van der Waals surface area (Å²) >= 11 is 0. The molecular formula is C15H20O3. The van der Waals surface area contributed by atoms with Crippen LogP contribution < -0.4 is 4.74 Å². The smallest absolute Gasteiger partial charge is 0.136 e. The Bertz CT molecular complexity index is 400. The quantitative estimate of drug-likeness (QED) is 0.840. The van der Waals surface area contributed by atoms with Gasteiger partial charge in [0.25, 0.3) is 0 Å². The van der Waals surface area contributed by atoms with Gasteiger partial charge in [-0.25, -0.2) is 0 Å². The lowest BCUT2D eigenvalue weighted by atomic mass is 10.0. The van der Waals surface area contributed by atoms with Gasteiger partial charge < -0.3 is 9.84 Å². The largest absolute Gasteiger partial charge is 0.493 e.